The molecule has 0 spiro atoms. The molecule has 28 heavy (non-hydrogen) atoms. The predicted molar refractivity (Wildman–Crippen MR) is 148 cm³/mol. The summed E-state index contributed by atoms with van der Waals surface area (Å²) in [6.07, 6.45) is 8.94. The second kappa shape index (κ2) is 11.5. The molecule has 0 aromatic carbocycles. The van der Waals surface area contributed by atoms with Crippen molar-refractivity contribution in [1.82, 2.24) is 0 Å². The van der Waals surface area contributed by atoms with E-state index in [-0.39, 0.29) is 31.7 Å². The Labute approximate surface area is 185 Å². The summed E-state index contributed by atoms with van der Waals surface area (Å²) >= 11 is 0. The maximum absolute atomic E-state index is 2.53. The Bertz CT molecular complexity index is 389. The summed E-state index contributed by atoms with van der Waals surface area (Å²) in [6, 6.07) is 0. The van der Waals surface area contributed by atoms with Crippen molar-refractivity contribution in [3.63, 3.8) is 0 Å². The average molecular weight is 467 g/mol. The lowest BCUT2D eigenvalue weighted by Gasteiger charge is -2.39. The Morgan fingerprint density at radius 2 is 0.571 bits per heavy atom. The fraction of sp³-hybridized carbons (Fsp3) is 1.00. The van der Waals surface area contributed by atoms with Crippen LogP contribution in [-0.2, 0) is 0 Å². The van der Waals surface area contributed by atoms with E-state index in [2.05, 4.69) is 96.4 Å². The predicted octanol–water partition coefficient (Wildman–Crippen LogP) is 9.37. The smallest absolute Gasteiger partial charge is 0.0179 e. The van der Waals surface area contributed by atoms with Gasteiger partial charge in [-0.15, -0.1) is 31.7 Å². The molecule has 0 fully saturated rings. The molecule has 0 amide bonds. The molecule has 0 saturated carbocycles. The summed E-state index contributed by atoms with van der Waals surface area (Å²) in [5, 5.41) is 2.03. The molecule has 0 aromatic heterocycles. The van der Waals surface area contributed by atoms with Crippen LogP contribution in [0.3, 0.4) is 0 Å². The quantitative estimate of drug-likeness (QED) is 0.297. The van der Waals surface area contributed by atoms with Gasteiger partial charge in [0.05, 0.1) is 0 Å². The number of hydrogen-bond acceptors (Lipinski definition) is 0. The van der Waals surface area contributed by atoms with Gasteiger partial charge in [0.1, 0.15) is 0 Å². The molecule has 0 N–H and O–H groups in total. The van der Waals surface area contributed by atoms with E-state index in [9.17, 15) is 0 Å². The number of rotatable bonds is 9. The van der Waals surface area contributed by atoms with Crippen LogP contribution in [0.2, 0.25) is 0 Å². The summed E-state index contributed by atoms with van der Waals surface area (Å²) in [6.45, 7) is 34.8. The minimum atomic E-state index is 0.128. The lowest BCUT2D eigenvalue weighted by atomic mass is 10.3. The van der Waals surface area contributed by atoms with Gasteiger partial charge >= 0.3 is 0 Å². The van der Waals surface area contributed by atoms with E-state index in [1.807, 2.05) is 0 Å². The normalized spacial score (nSPS) is 18.6. The van der Waals surface area contributed by atoms with Gasteiger partial charge in [0.25, 0.3) is 0 Å². The molecular formula is C24H54P4. The largest absolute Gasteiger partial charge is 0.104 e. The standard InChI is InChI=1S/C24H54P4/c1-21(2,3)25(13)15-17-27(23(7,8)9)19-20-28(24(10,11)12)18-16-26(14)22(4,5)6/h15-20H2,1-14H3/t25-,26-,27-,28+/m1/s1. The molecule has 170 valence electrons. The summed E-state index contributed by atoms with van der Waals surface area (Å²) in [5.41, 5.74) is 0. The first-order valence-electron chi connectivity index (χ1n) is 11.2. The zero-order valence-electron chi connectivity index (χ0n) is 22.0. The monoisotopic (exact) mass is 466 g/mol. The third-order valence-electron chi connectivity index (χ3n) is 6.24. The average Bonchev–Trinajstić information content (AvgIpc) is 2.44. The van der Waals surface area contributed by atoms with E-state index < -0.39 is 0 Å². The summed E-state index contributed by atoms with van der Waals surface area (Å²) in [5.74, 6) is 0. The van der Waals surface area contributed by atoms with E-state index in [1.165, 1.54) is 37.0 Å². The van der Waals surface area contributed by atoms with Crippen LogP contribution in [0.1, 0.15) is 83.1 Å². The first kappa shape index (κ1) is 29.7. The van der Waals surface area contributed by atoms with Crippen molar-refractivity contribution < 1.29 is 0 Å². The van der Waals surface area contributed by atoms with Crippen molar-refractivity contribution in [2.45, 2.75) is 104 Å². The van der Waals surface area contributed by atoms with Crippen LogP contribution in [0.25, 0.3) is 0 Å². The molecule has 0 rings (SSSR count). The third kappa shape index (κ3) is 11.9. The Morgan fingerprint density at radius 3 is 0.750 bits per heavy atom. The lowest BCUT2D eigenvalue weighted by Crippen LogP contribution is -2.23. The van der Waals surface area contributed by atoms with Crippen LogP contribution < -0.4 is 0 Å². The van der Waals surface area contributed by atoms with Crippen LogP contribution in [0.4, 0.5) is 0 Å². The molecule has 4 heteroatoms. The van der Waals surface area contributed by atoms with Crippen molar-refractivity contribution in [3.05, 3.63) is 0 Å². The molecule has 0 aliphatic heterocycles. The fourth-order valence-electron chi connectivity index (χ4n) is 3.02. The first-order chi connectivity index (χ1) is 12.3. The SMILES string of the molecule is C[P@](CC[P@@](CC[P@@](CC[P@@](C)C(C)(C)C)C(C)(C)C)C(C)(C)C)C(C)(C)C. The van der Waals surface area contributed by atoms with Crippen LogP contribution in [-0.4, -0.2) is 70.9 Å². The molecule has 4 atom stereocenters. The highest BCUT2D eigenvalue weighted by atomic mass is 31.1. The van der Waals surface area contributed by atoms with Crippen LogP contribution in [0, 0.1) is 0 Å². The van der Waals surface area contributed by atoms with Gasteiger partial charge in [-0.2, -0.15) is 0 Å². The van der Waals surface area contributed by atoms with Gasteiger partial charge in [0, 0.05) is 0 Å². The molecule has 0 radical (unpaired) electrons. The Morgan fingerprint density at radius 1 is 0.357 bits per heavy atom. The highest BCUT2D eigenvalue weighted by Crippen LogP contribution is 2.59. The van der Waals surface area contributed by atoms with Gasteiger partial charge < -0.3 is 0 Å². The zero-order chi connectivity index (χ0) is 22.6. The van der Waals surface area contributed by atoms with E-state index in [1.54, 1.807) is 0 Å². The topological polar surface area (TPSA) is 0 Å². The van der Waals surface area contributed by atoms with Crippen LogP contribution in [0.5, 0.6) is 0 Å². The maximum Gasteiger partial charge on any atom is -0.0179 e. The van der Waals surface area contributed by atoms with Crippen molar-refractivity contribution in [2.75, 3.05) is 50.3 Å². The van der Waals surface area contributed by atoms with Crippen molar-refractivity contribution in [2.24, 2.45) is 0 Å². The first-order valence-corrected chi connectivity index (χ1v) is 18.6. The maximum atomic E-state index is 2.53. The van der Waals surface area contributed by atoms with Gasteiger partial charge in [0.15, 0.2) is 0 Å². The van der Waals surface area contributed by atoms with E-state index >= 15 is 0 Å². The minimum Gasteiger partial charge on any atom is -0.104 e. The van der Waals surface area contributed by atoms with Gasteiger partial charge in [-0.05, 0) is 70.9 Å². The summed E-state index contributed by atoms with van der Waals surface area (Å²) in [4.78, 5) is 0. The van der Waals surface area contributed by atoms with Gasteiger partial charge in [0.2, 0.25) is 0 Å². The van der Waals surface area contributed by atoms with E-state index in [4.69, 9.17) is 0 Å². The molecular weight excluding hydrogens is 412 g/mol. The Hall–Kier alpha value is 1.72. The second-order valence-corrected chi connectivity index (χ2v) is 25.5. The van der Waals surface area contributed by atoms with Crippen molar-refractivity contribution >= 4 is 31.7 Å². The van der Waals surface area contributed by atoms with Crippen molar-refractivity contribution in [3.8, 4) is 0 Å². The summed E-state index contributed by atoms with van der Waals surface area (Å²) < 4.78 is 0. The van der Waals surface area contributed by atoms with Gasteiger partial charge in [-0.25, -0.2) is 0 Å². The van der Waals surface area contributed by atoms with Crippen LogP contribution >= 0.6 is 31.7 Å². The van der Waals surface area contributed by atoms with Gasteiger partial charge in [-0.1, -0.05) is 83.1 Å². The van der Waals surface area contributed by atoms with E-state index in [0.29, 0.717) is 20.6 Å². The molecule has 0 aliphatic carbocycles. The molecule has 0 unspecified atom stereocenters. The van der Waals surface area contributed by atoms with Gasteiger partial charge in [-0.3, -0.25) is 0 Å². The Balaban J connectivity index is 4.99. The molecule has 0 saturated heterocycles. The minimum absolute atomic E-state index is 0.128. The molecule has 0 aromatic rings. The molecule has 0 nitrogen and oxygen atoms in total. The number of hydrogen-bond donors (Lipinski definition) is 0. The van der Waals surface area contributed by atoms with Crippen molar-refractivity contribution in [1.29, 1.82) is 0 Å². The fourth-order valence-corrected chi connectivity index (χ4v) is 13.8. The lowest BCUT2D eigenvalue weighted by molar-refractivity contribution is 0.769. The highest BCUT2D eigenvalue weighted by molar-refractivity contribution is 7.65. The molecule has 0 bridgehead atoms. The highest BCUT2D eigenvalue weighted by Gasteiger charge is 2.31. The molecule has 0 heterocycles. The third-order valence-corrected chi connectivity index (χ3v) is 20.5. The zero-order valence-corrected chi connectivity index (χ0v) is 25.6. The second-order valence-electron chi connectivity index (χ2n) is 12.5. The van der Waals surface area contributed by atoms with Crippen LogP contribution in [0.15, 0.2) is 0 Å². The Kier molecular flexibility index (Phi) is 12.3. The molecule has 0 aliphatic rings. The summed E-state index contributed by atoms with van der Waals surface area (Å²) in [7, 11) is 0.548. The van der Waals surface area contributed by atoms with E-state index in [0.717, 1.165) is 0 Å².